The zero-order valence-electron chi connectivity index (χ0n) is 13.6. The molecule has 124 valence electrons. The van der Waals surface area contributed by atoms with E-state index in [1.807, 2.05) is 12.3 Å². The molecule has 3 heterocycles. The van der Waals surface area contributed by atoms with Gasteiger partial charge >= 0.3 is 0 Å². The summed E-state index contributed by atoms with van der Waals surface area (Å²) in [5.41, 5.74) is 2.51. The van der Waals surface area contributed by atoms with Crippen molar-refractivity contribution in [2.45, 2.75) is 38.3 Å². The van der Waals surface area contributed by atoms with Gasteiger partial charge in [-0.2, -0.15) is 0 Å². The number of likely N-dealkylation sites (tertiary alicyclic amines) is 1. The number of halogens is 1. The topological polar surface area (TPSA) is 28.2 Å². The van der Waals surface area contributed by atoms with E-state index < -0.39 is 0 Å². The molecule has 1 N–H and O–H groups in total. The third-order valence-corrected chi connectivity index (χ3v) is 5.37. The van der Waals surface area contributed by atoms with E-state index in [1.165, 1.54) is 56.3 Å². The lowest BCUT2D eigenvalue weighted by Crippen LogP contribution is -2.40. The number of nitrogens with zero attached hydrogens (tertiary/aromatic N) is 2. The minimum Gasteiger partial charge on any atom is -0.314 e. The molecule has 2 fully saturated rings. The standard InChI is InChI=1S/C19H25N3.ClH/c1-3-17-13-15(5-6-19(17)21-9-1)14-22-11-7-16(8-12-22)18-4-2-10-20-18;/h1,3,5-6,9,13,16,18,20H,2,4,7-8,10-12,14H2;1H. The average Bonchev–Trinajstić information content (AvgIpc) is 3.10. The van der Waals surface area contributed by atoms with E-state index in [4.69, 9.17) is 0 Å². The zero-order valence-corrected chi connectivity index (χ0v) is 14.4. The summed E-state index contributed by atoms with van der Waals surface area (Å²) in [7, 11) is 0. The minimum absolute atomic E-state index is 0. The molecule has 4 rings (SSSR count). The van der Waals surface area contributed by atoms with Gasteiger partial charge in [-0.1, -0.05) is 12.1 Å². The van der Waals surface area contributed by atoms with E-state index in [9.17, 15) is 0 Å². The zero-order chi connectivity index (χ0) is 14.8. The fourth-order valence-electron chi connectivity index (χ4n) is 4.11. The van der Waals surface area contributed by atoms with Crippen molar-refractivity contribution in [1.29, 1.82) is 0 Å². The van der Waals surface area contributed by atoms with E-state index >= 15 is 0 Å². The molecule has 1 aromatic carbocycles. The molecule has 23 heavy (non-hydrogen) atoms. The summed E-state index contributed by atoms with van der Waals surface area (Å²) in [5, 5.41) is 4.94. The van der Waals surface area contributed by atoms with Crippen molar-refractivity contribution in [3.8, 4) is 0 Å². The second kappa shape index (κ2) is 7.61. The van der Waals surface area contributed by atoms with Crippen LogP contribution in [0, 0.1) is 5.92 Å². The number of rotatable bonds is 3. The van der Waals surface area contributed by atoms with Crippen molar-refractivity contribution in [2.75, 3.05) is 19.6 Å². The maximum absolute atomic E-state index is 4.40. The van der Waals surface area contributed by atoms with Gasteiger partial charge < -0.3 is 5.32 Å². The molecular formula is C19H26ClN3. The maximum Gasteiger partial charge on any atom is 0.0702 e. The first-order valence-electron chi connectivity index (χ1n) is 8.68. The average molecular weight is 332 g/mol. The van der Waals surface area contributed by atoms with E-state index in [0.717, 1.165) is 24.0 Å². The van der Waals surface area contributed by atoms with Crippen molar-refractivity contribution in [3.05, 3.63) is 42.1 Å². The molecule has 0 bridgehead atoms. The van der Waals surface area contributed by atoms with Gasteiger partial charge in [0.25, 0.3) is 0 Å². The van der Waals surface area contributed by atoms with Crippen LogP contribution < -0.4 is 5.32 Å². The lowest BCUT2D eigenvalue weighted by Gasteiger charge is -2.35. The Labute approximate surface area is 144 Å². The van der Waals surface area contributed by atoms with Crippen molar-refractivity contribution < 1.29 is 0 Å². The van der Waals surface area contributed by atoms with Crippen molar-refractivity contribution in [1.82, 2.24) is 15.2 Å². The molecular weight excluding hydrogens is 306 g/mol. The number of nitrogens with one attached hydrogen (secondary N) is 1. The molecule has 2 aliphatic rings. The van der Waals surface area contributed by atoms with Gasteiger partial charge in [-0.05, 0) is 75.0 Å². The monoisotopic (exact) mass is 331 g/mol. The molecule has 2 aliphatic heterocycles. The number of hydrogen-bond donors (Lipinski definition) is 1. The summed E-state index contributed by atoms with van der Waals surface area (Å²) in [5.74, 6) is 0.902. The van der Waals surface area contributed by atoms with Gasteiger partial charge in [0.2, 0.25) is 0 Å². The lowest BCUT2D eigenvalue weighted by molar-refractivity contribution is 0.157. The highest BCUT2D eigenvalue weighted by Crippen LogP contribution is 2.26. The molecule has 0 radical (unpaired) electrons. The Bertz CT molecular complexity index is 631. The predicted molar refractivity (Wildman–Crippen MR) is 98.0 cm³/mol. The van der Waals surface area contributed by atoms with Gasteiger partial charge in [0.15, 0.2) is 0 Å². The van der Waals surface area contributed by atoms with Crippen LogP contribution in [0.3, 0.4) is 0 Å². The first-order valence-corrected chi connectivity index (χ1v) is 8.68. The highest BCUT2D eigenvalue weighted by atomic mass is 35.5. The number of hydrogen-bond acceptors (Lipinski definition) is 3. The van der Waals surface area contributed by atoms with Gasteiger partial charge in [0.1, 0.15) is 0 Å². The lowest BCUT2D eigenvalue weighted by atomic mass is 9.88. The molecule has 0 saturated carbocycles. The van der Waals surface area contributed by atoms with E-state index in [1.54, 1.807) is 0 Å². The summed E-state index contributed by atoms with van der Waals surface area (Å²) in [4.78, 5) is 7.02. The van der Waals surface area contributed by atoms with Crippen molar-refractivity contribution in [2.24, 2.45) is 5.92 Å². The molecule has 0 spiro atoms. The second-order valence-corrected chi connectivity index (χ2v) is 6.85. The molecule has 0 aliphatic carbocycles. The fourth-order valence-corrected chi connectivity index (χ4v) is 4.11. The number of piperidine rings is 1. The molecule has 1 atom stereocenters. The Morgan fingerprint density at radius 2 is 2.00 bits per heavy atom. The first-order chi connectivity index (χ1) is 10.9. The van der Waals surface area contributed by atoms with Gasteiger partial charge in [-0.15, -0.1) is 12.4 Å². The van der Waals surface area contributed by atoms with Gasteiger partial charge in [-0.3, -0.25) is 9.88 Å². The maximum atomic E-state index is 4.40. The molecule has 1 unspecified atom stereocenters. The smallest absolute Gasteiger partial charge is 0.0702 e. The van der Waals surface area contributed by atoms with Crippen LogP contribution in [0.15, 0.2) is 36.5 Å². The third-order valence-electron chi connectivity index (χ3n) is 5.37. The van der Waals surface area contributed by atoms with Crippen LogP contribution >= 0.6 is 12.4 Å². The Kier molecular flexibility index (Phi) is 5.52. The largest absolute Gasteiger partial charge is 0.314 e. The number of fused-ring (bicyclic) bond motifs is 1. The Morgan fingerprint density at radius 1 is 1.13 bits per heavy atom. The Hall–Kier alpha value is -1.16. The minimum atomic E-state index is 0. The predicted octanol–water partition coefficient (Wildman–Crippen LogP) is 3.62. The van der Waals surface area contributed by atoms with Crippen LogP contribution in [-0.2, 0) is 6.54 Å². The molecule has 1 aromatic heterocycles. The van der Waals surface area contributed by atoms with E-state index in [0.29, 0.717) is 0 Å². The molecule has 2 aromatic rings. The van der Waals surface area contributed by atoms with Gasteiger partial charge in [0, 0.05) is 24.2 Å². The van der Waals surface area contributed by atoms with Crippen LogP contribution in [-0.4, -0.2) is 35.6 Å². The summed E-state index contributed by atoms with van der Waals surface area (Å²) in [6, 6.07) is 11.7. The van der Waals surface area contributed by atoms with Crippen molar-refractivity contribution in [3.63, 3.8) is 0 Å². The van der Waals surface area contributed by atoms with Gasteiger partial charge in [-0.25, -0.2) is 0 Å². The number of benzene rings is 1. The Balaban J connectivity index is 0.00000156. The highest BCUT2D eigenvalue weighted by molar-refractivity contribution is 5.85. The third kappa shape index (κ3) is 3.85. The summed E-state index contributed by atoms with van der Waals surface area (Å²) in [6.07, 6.45) is 7.34. The molecule has 2 saturated heterocycles. The fraction of sp³-hybridized carbons (Fsp3) is 0.526. The van der Waals surface area contributed by atoms with E-state index in [2.05, 4.69) is 39.5 Å². The summed E-state index contributed by atoms with van der Waals surface area (Å²) >= 11 is 0. The summed E-state index contributed by atoms with van der Waals surface area (Å²) < 4.78 is 0. The molecule has 3 nitrogen and oxygen atoms in total. The number of aromatic nitrogens is 1. The molecule has 4 heteroatoms. The first kappa shape index (κ1) is 16.7. The SMILES string of the molecule is Cl.c1cnc2ccc(CN3CCC(C4CCCN4)CC3)cc2c1. The van der Waals surface area contributed by atoms with Crippen molar-refractivity contribution >= 4 is 23.3 Å². The van der Waals surface area contributed by atoms with E-state index in [-0.39, 0.29) is 12.4 Å². The summed E-state index contributed by atoms with van der Waals surface area (Å²) in [6.45, 7) is 4.80. The highest BCUT2D eigenvalue weighted by Gasteiger charge is 2.28. The second-order valence-electron chi connectivity index (χ2n) is 6.85. The number of pyridine rings is 1. The quantitative estimate of drug-likeness (QED) is 0.931. The van der Waals surface area contributed by atoms with Crippen LogP contribution in [0.4, 0.5) is 0 Å². The van der Waals surface area contributed by atoms with Crippen LogP contribution in [0.5, 0.6) is 0 Å². The Morgan fingerprint density at radius 3 is 2.78 bits per heavy atom. The van der Waals surface area contributed by atoms with Crippen LogP contribution in [0.25, 0.3) is 10.9 Å². The normalized spacial score (nSPS) is 23.0. The molecule has 0 amide bonds. The van der Waals surface area contributed by atoms with Crippen LogP contribution in [0.2, 0.25) is 0 Å². The van der Waals surface area contributed by atoms with Crippen LogP contribution in [0.1, 0.15) is 31.2 Å². The van der Waals surface area contributed by atoms with Gasteiger partial charge in [0.05, 0.1) is 5.52 Å².